The molecule has 0 aliphatic carbocycles. The van der Waals surface area contributed by atoms with E-state index in [-0.39, 0.29) is 18.4 Å². The van der Waals surface area contributed by atoms with Crippen LogP contribution in [0.1, 0.15) is 36.8 Å². The number of esters is 1. The first-order valence-electron chi connectivity index (χ1n) is 5.48. The first-order chi connectivity index (χ1) is 7.61. The largest absolute Gasteiger partial charge is 0.469 e. The standard InChI is InChI=1S/C13H19NO2/c1-9(2)10-6-4-5-7-11(10)12(8-14)13(15)16-3/h4-7,9,12H,8,14H2,1-3H3. The van der Waals surface area contributed by atoms with Crippen LogP contribution in [0.15, 0.2) is 24.3 Å². The Kier molecular flexibility index (Phi) is 4.50. The highest BCUT2D eigenvalue weighted by Crippen LogP contribution is 2.26. The molecule has 0 aliphatic rings. The van der Waals surface area contributed by atoms with Crippen molar-refractivity contribution in [2.24, 2.45) is 5.73 Å². The van der Waals surface area contributed by atoms with Crippen LogP contribution in [-0.2, 0) is 9.53 Å². The summed E-state index contributed by atoms with van der Waals surface area (Å²) in [5, 5.41) is 0. The minimum atomic E-state index is -0.358. The van der Waals surface area contributed by atoms with E-state index in [4.69, 9.17) is 10.5 Å². The van der Waals surface area contributed by atoms with Crippen molar-refractivity contribution in [3.05, 3.63) is 35.4 Å². The summed E-state index contributed by atoms with van der Waals surface area (Å²) >= 11 is 0. The van der Waals surface area contributed by atoms with Crippen LogP contribution in [0, 0.1) is 0 Å². The minimum Gasteiger partial charge on any atom is -0.469 e. The van der Waals surface area contributed by atoms with E-state index in [1.807, 2.05) is 24.3 Å². The third-order valence-electron chi connectivity index (χ3n) is 2.71. The second-order valence-corrected chi connectivity index (χ2v) is 4.10. The van der Waals surface area contributed by atoms with Crippen molar-refractivity contribution in [2.75, 3.05) is 13.7 Å². The zero-order valence-electron chi connectivity index (χ0n) is 10.1. The molecule has 0 saturated carbocycles. The van der Waals surface area contributed by atoms with E-state index in [0.717, 1.165) is 11.1 Å². The molecule has 3 nitrogen and oxygen atoms in total. The molecule has 2 N–H and O–H groups in total. The number of ether oxygens (including phenoxy) is 1. The van der Waals surface area contributed by atoms with Gasteiger partial charge in [0, 0.05) is 6.54 Å². The first kappa shape index (κ1) is 12.7. The van der Waals surface area contributed by atoms with Crippen molar-refractivity contribution < 1.29 is 9.53 Å². The first-order valence-corrected chi connectivity index (χ1v) is 5.48. The Bertz CT molecular complexity index is 361. The lowest BCUT2D eigenvalue weighted by Gasteiger charge is -2.18. The molecular formula is C13H19NO2. The molecule has 0 amide bonds. The molecule has 0 aromatic heterocycles. The average molecular weight is 221 g/mol. The molecule has 88 valence electrons. The summed E-state index contributed by atoms with van der Waals surface area (Å²) in [6.07, 6.45) is 0. The number of hydrogen-bond donors (Lipinski definition) is 1. The maximum Gasteiger partial charge on any atom is 0.314 e. The highest BCUT2D eigenvalue weighted by molar-refractivity contribution is 5.79. The van der Waals surface area contributed by atoms with Crippen molar-refractivity contribution >= 4 is 5.97 Å². The van der Waals surface area contributed by atoms with Crippen LogP contribution in [0.25, 0.3) is 0 Å². The fourth-order valence-corrected chi connectivity index (χ4v) is 1.85. The predicted molar refractivity (Wildman–Crippen MR) is 64.3 cm³/mol. The smallest absolute Gasteiger partial charge is 0.314 e. The number of rotatable bonds is 4. The van der Waals surface area contributed by atoms with E-state index in [1.165, 1.54) is 7.11 Å². The quantitative estimate of drug-likeness (QED) is 0.791. The van der Waals surface area contributed by atoms with Crippen molar-refractivity contribution in [1.29, 1.82) is 0 Å². The van der Waals surface area contributed by atoms with E-state index in [1.54, 1.807) is 0 Å². The molecule has 1 unspecified atom stereocenters. The topological polar surface area (TPSA) is 52.3 Å². The van der Waals surface area contributed by atoms with E-state index in [2.05, 4.69) is 13.8 Å². The molecule has 1 atom stereocenters. The molecule has 0 fully saturated rings. The summed E-state index contributed by atoms with van der Waals surface area (Å²) in [5.41, 5.74) is 7.78. The molecule has 0 spiro atoms. The molecule has 0 aliphatic heterocycles. The van der Waals surface area contributed by atoms with Gasteiger partial charge in [0.05, 0.1) is 13.0 Å². The fraction of sp³-hybridized carbons (Fsp3) is 0.462. The van der Waals surface area contributed by atoms with Crippen molar-refractivity contribution in [1.82, 2.24) is 0 Å². The van der Waals surface area contributed by atoms with Gasteiger partial charge in [-0.3, -0.25) is 4.79 Å². The van der Waals surface area contributed by atoms with E-state index in [0.29, 0.717) is 5.92 Å². The number of carbonyl (C=O) groups is 1. The summed E-state index contributed by atoms with van der Waals surface area (Å²) in [6, 6.07) is 7.88. The number of carbonyl (C=O) groups excluding carboxylic acids is 1. The fourth-order valence-electron chi connectivity index (χ4n) is 1.85. The maximum absolute atomic E-state index is 11.6. The Morgan fingerprint density at radius 1 is 1.31 bits per heavy atom. The third-order valence-corrected chi connectivity index (χ3v) is 2.71. The molecule has 16 heavy (non-hydrogen) atoms. The lowest BCUT2D eigenvalue weighted by molar-refractivity contribution is -0.142. The van der Waals surface area contributed by atoms with Gasteiger partial charge in [-0.25, -0.2) is 0 Å². The van der Waals surface area contributed by atoms with Crippen LogP contribution < -0.4 is 5.73 Å². The summed E-state index contributed by atoms with van der Waals surface area (Å²) < 4.78 is 4.77. The van der Waals surface area contributed by atoms with Crippen LogP contribution in [0.4, 0.5) is 0 Å². The second kappa shape index (κ2) is 5.66. The van der Waals surface area contributed by atoms with Crippen LogP contribution in [-0.4, -0.2) is 19.6 Å². The molecule has 3 heteroatoms. The van der Waals surface area contributed by atoms with Crippen LogP contribution >= 0.6 is 0 Å². The Labute approximate surface area is 96.6 Å². The van der Waals surface area contributed by atoms with Crippen molar-refractivity contribution in [3.8, 4) is 0 Å². The molecule has 1 aromatic rings. The third kappa shape index (κ3) is 2.61. The van der Waals surface area contributed by atoms with Gasteiger partial charge in [-0.2, -0.15) is 0 Å². The van der Waals surface area contributed by atoms with Gasteiger partial charge in [0.15, 0.2) is 0 Å². The lowest BCUT2D eigenvalue weighted by Crippen LogP contribution is -2.24. The molecule has 0 heterocycles. The normalized spacial score (nSPS) is 12.6. The zero-order valence-corrected chi connectivity index (χ0v) is 10.1. The molecule has 0 radical (unpaired) electrons. The average Bonchev–Trinajstić information content (AvgIpc) is 2.30. The van der Waals surface area contributed by atoms with Gasteiger partial charge in [-0.1, -0.05) is 38.1 Å². The predicted octanol–water partition coefficient (Wildman–Crippen LogP) is 2.03. The van der Waals surface area contributed by atoms with Gasteiger partial charge in [-0.15, -0.1) is 0 Å². The number of hydrogen-bond acceptors (Lipinski definition) is 3. The highest BCUT2D eigenvalue weighted by Gasteiger charge is 2.22. The summed E-state index contributed by atoms with van der Waals surface area (Å²) in [4.78, 5) is 11.6. The molecule has 0 saturated heterocycles. The summed E-state index contributed by atoms with van der Waals surface area (Å²) in [6.45, 7) is 4.48. The molecule has 0 bridgehead atoms. The van der Waals surface area contributed by atoms with E-state index >= 15 is 0 Å². The van der Waals surface area contributed by atoms with Gasteiger partial charge in [0.2, 0.25) is 0 Å². The van der Waals surface area contributed by atoms with Crippen molar-refractivity contribution in [3.63, 3.8) is 0 Å². The van der Waals surface area contributed by atoms with E-state index < -0.39 is 0 Å². The van der Waals surface area contributed by atoms with Gasteiger partial charge in [-0.05, 0) is 17.0 Å². The minimum absolute atomic E-state index is 0.268. The van der Waals surface area contributed by atoms with Crippen LogP contribution in [0.3, 0.4) is 0 Å². The van der Waals surface area contributed by atoms with Gasteiger partial charge >= 0.3 is 5.97 Å². The number of benzene rings is 1. The Morgan fingerprint density at radius 2 is 1.88 bits per heavy atom. The highest BCUT2D eigenvalue weighted by atomic mass is 16.5. The molecular weight excluding hydrogens is 202 g/mol. The number of methoxy groups -OCH3 is 1. The summed E-state index contributed by atoms with van der Waals surface area (Å²) in [7, 11) is 1.39. The van der Waals surface area contributed by atoms with Gasteiger partial charge in [0.25, 0.3) is 0 Å². The molecule has 1 aromatic carbocycles. The Hall–Kier alpha value is -1.35. The van der Waals surface area contributed by atoms with Gasteiger partial charge < -0.3 is 10.5 Å². The lowest BCUT2D eigenvalue weighted by atomic mass is 9.89. The SMILES string of the molecule is COC(=O)C(CN)c1ccccc1C(C)C. The van der Waals surface area contributed by atoms with Crippen LogP contribution in [0.5, 0.6) is 0 Å². The Morgan fingerprint density at radius 3 is 2.31 bits per heavy atom. The Balaban J connectivity index is 3.14. The number of nitrogens with two attached hydrogens (primary N) is 1. The summed E-state index contributed by atoms with van der Waals surface area (Å²) in [5.74, 6) is -0.255. The monoisotopic (exact) mass is 221 g/mol. The molecule has 1 rings (SSSR count). The van der Waals surface area contributed by atoms with Gasteiger partial charge in [0.1, 0.15) is 0 Å². The van der Waals surface area contributed by atoms with Crippen LogP contribution in [0.2, 0.25) is 0 Å². The zero-order chi connectivity index (χ0) is 12.1. The maximum atomic E-state index is 11.6. The van der Waals surface area contributed by atoms with E-state index in [9.17, 15) is 4.79 Å². The second-order valence-electron chi connectivity index (χ2n) is 4.10. The van der Waals surface area contributed by atoms with Crippen molar-refractivity contribution in [2.45, 2.75) is 25.7 Å².